The van der Waals surface area contributed by atoms with Crippen molar-refractivity contribution in [3.05, 3.63) is 47.3 Å². The van der Waals surface area contributed by atoms with Gasteiger partial charge < -0.3 is 4.74 Å². The summed E-state index contributed by atoms with van der Waals surface area (Å²) in [4.78, 5) is 20.7. The third-order valence-electron chi connectivity index (χ3n) is 2.89. The SMILES string of the molecule is Cc1cc(C)nc(NC(=O)c2cccc(OCC(C)C)c2)n1. The van der Waals surface area contributed by atoms with Crippen LogP contribution in [0.25, 0.3) is 0 Å². The molecule has 0 radical (unpaired) electrons. The maximum Gasteiger partial charge on any atom is 0.258 e. The molecule has 0 unspecified atom stereocenters. The van der Waals surface area contributed by atoms with Gasteiger partial charge in [0.15, 0.2) is 0 Å². The molecule has 1 N–H and O–H groups in total. The number of carbonyl (C=O) groups is 1. The second kappa shape index (κ2) is 7.02. The summed E-state index contributed by atoms with van der Waals surface area (Å²) in [7, 11) is 0. The minimum absolute atomic E-state index is 0.250. The zero-order valence-electron chi connectivity index (χ0n) is 13.4. The number of benzene rings is 1. The highest BCUT2D eigenvalue weighted by atomic mass is 16.5. The Morgan fingerprint density at radius 2 is 1.86 bits per heavy atom. The van der Waals surface area contributed by atoms with E-state index < -0.39 is 0 Å². The van der Waals surface area contributed by atoms with Crippen molar-refractivity contribution in [1.29, 1.82) is 0 Å². The first kappa shape index (κ1) is 15.9. The van der Waals surface area contributed by atoms with Crippen LogP contribution in [0.3, 0.4) is 0 Å². The van der Waals surface area contributed by atoms with E-state index in [9.17, 15) is 4.79 Å². The fraction of sp³-hybridized carbons (Fsp3) is 0.353. The van der Waals surface area contributed by atoms with Gasteiger partial charge in [0.05, 0.1) is 6.61 Å². The largest absolute Gasteiger partial charge is 0.493 e. The van der Waals surface area contributed by atoms with E-state index in [1.54, 1.807) is 18.2 Å². The van der Waals surface area contributed by atoms with Crippen molar-refractivity contribution in [1.82, 2.24) is 9.97 Å². The third kappa shape index (κ3) is 4.55. The highest BCUT2D eigenvalue weighted by molar-refractivity contribution is 6.03. The molecule has 116 valence electrons. The Hall–Kier alpha value is -2.43. The van der Waals surface area contributed by atoms with Crippen molar-refractivity contribution in [2.75, 3.05) is 11.9 Å². The highest BCUT2D eigenvalue weighted by Crippen LogP contribution is 2.15. The van der Waals surface area contributed by atoms with Crippen molar-refractivity contribution in [3.63, 3.8) is 0 Å². The van der Waals surface area contributed by atoms with Crippen LogP contribution in [0.15, 0.2) is 30.3 Å². The van der Waals surface area contributed by atoms with Crippen LogP contribution in [0.1, 0.15) is 35.6 Å². The summed E-state index contributed by atoms with van der Waals surface area (Å²) in [6.45, 7) is 8.50. The topological polar surface area (TPSA) is 64.1 Å². The van der Waals surface area contributed by atoms with Crippen molar-refractivity contribution in [3.8, 4) is 5.75 Å². The summed E-state index contributed by atoms with van der Waals surface area (Å²) in [5, 5.41) is 2.72. The van der Waals surface area contributed by atoms with Crippen LogP contribution in [0.2, 0.25) is 0 Å². The van der Waals surface area contributed by atoms with Crippen LogP contribution in [0.4, 0.5) is 5.95 Å². The van der Waals surface area contributed by atoms with E-state index in [-0.39, 0.29) is 5.91 Å². The monoisotopic (exact) mass is 299 g/mol. The van der Waals surface area contributed by atoms with E-state index in [0.717, 1.165) is 11.4 Å². The van der Waals surface area contributed by atoms with Crippen molar-refractivity contribution in [2.24, 2.45) is 5.92 Å². The van der Waals surface area contributed by atoms with Gasteiger partial charge in [-0.3, -0.25) is 10.1 Å². The number of amides is 1. The van der Waals surface area contributed by atoms with Crippen molar-refractivity contribution in [2.45, 2.75) is 27.7 Å². The molecule has 0 fully saturated rings. The number of ether oxygens (including phenoxy) is 1. The molecule has 0 saturated heterocycles. The summed E-state index contributed by atoms with van der Waals surface area (Å²) in [5.74, 6) is 1.18. The van der Waals surface area contributed by atoms with E-state index in [1.165, 1.54) is 0 Å². The van der Waals surface area contributed by atoms with Gasteiger partial charge in [-0.25, -0.2) is 9.97 Å². The van der Waals surface area contributed by atoms with E-state index >= 15 is 0 Å². The third-order valence-corrected chi connectivity index (χ3v) is 2.89. The minimum Gasteiger partial charge on any atom is -0.493 e. The van der Waals surface area contributed by atoms with Crippen LogP contribution < -0.4 is 10.1 Å². The number of anilines is 1. The normalized spacial score (nSPS) is 10.6. The lowest BCUT2D eigenvalue weighted by Crippen LogP contribution is -2.15. The molecule has 0 atom stereocenters. The number of carbonyl (C=O) groups excluding carboxylic acids is 1. The van der Waals surface area contributed by atoms with Gasteiger partial charge in [0.2, 0.25) is 5.95 Å². The summed E-state index contributed by atoms with van der Waals surface area (Å²) in [6, 6.07) is 8.95. The Balaban J connectivity index is 2.10. The van der Waals surface area contributed by atoms with Crippen molar-refractivity contribution >= 4 is 11.9 Å². The molecule has 0 spiro atoms. The van der Waals surface area contributed by atoms with Gasteiger partial charge in [0.1, 0.15) is 5.75 Å². The molecule has 0 saturated carbocycles. The average molecular weight is 299 g/mol. The Bertz CT molecular complexity index is 648. The van der Waals surface area contributed by atoms with E-state index in [0.29, 0.717) is 29.8 Å². The summed E-state index contributed by atoms with van der Waals surface area (Å²) < 4.78 is 5.64. The molecule has 1 amide bonds. The van der Waals surface area contributed by atoms with E-state index in [4.69, 9.17) is 4.74 Å². The van der Waals surface area contributed by atoms with Crippen LogP contribution in [0.5, 0.6) is 5.75 Å². The summed E-state index contributed by atoms with van der Waals surface area (Å²) >= 11 is 0. The van der Waals surface area contributed by atoms with Gasteiger partial charge in [0, 0.05) is 17.0 Å². The van der Waals surface area contributed by atoms with Crippen LogP contribution in [0, 0.1) is 19.8 Å². The molecule has 5 nitrogen and oxygen atoms in total. The molecular weight excluding hydrogens is 278 g/mol. The van der Waals surface area contributed by atoms with Gasteiger partial charge in [-0.15, -0.1) is 0 Å². The standard InChI is InChI=1S/C17H21N3O2/c1-11(2)10-22-15-7-5-6-14(9-15)16(21)20-17-18-12(3)8-13(4)19-17/h5-9,11H,10H2,1-4H3,(H,18,19,20,21). The average Bonchev–Trinajstić information content (AvgIpc) is 2.44. The zero-order valence-corrected chi connectivity index (χ0v) is 13.4. The molecule has 0 bridgehead atoms. The number of hydrogen-bond acceptors (Lipinski definition) is 4. The first-order valence-electron chi connectivity index (χ1n) is 7.30. The molecule has 2 rings (SSSR count). The first-order valence-corrected chi connectivity index (χ1v) is 7.30. The minimum atomic E-state index is -0.250. The zero-order chi connectivity index (χ0) is 16.1. The van der Waals surface area contributed by atoms with Crippen LogP contribution in [-0.4, -0.2) is 22.5 Å². The number of aromatic nitrogens is 2. The molecular formula is C17H21N3O2. The second-order valence-electron chi connectivity index (χ2n) is 5.66. The number of hydrogen-bond donors (Lipinski definition) is 1. The molecule has 1 aromatic carbocycles. The Morgan fingerprint density at radius 1 is 1.18 bits per heavy atom. The molecule has 5 heteroatoms. The van der Waals surface area contributed by atoms with Crippen molar-refractivity contribution < 1.29 is 9.53 Å². The lowest BCUT2D eigenvalue weighted by Gasteiger charge is -2.10. The second-order valence-corrected chi connectivity index (χ2v) is 5.66. The molecule has 0 aliphatic carbocycles. The number of nitrogens with one attached hydrogen (secondary N) is 1. The first-order chi connectivity index (χ1) is 10.4. The summed E-state index contributed by atoms with van der Waals surface area (Å²) in [5.41, 5.74) is 2.15. The lowest BCUT2D eigenvalue weighted by molar-refractivity contribution is 0.102. The molecule has 1 aromatic heterocycles. The predicted octanol–water partition coefficient (Wildman–Crippen LogP) is 3.38. The lowest BCUT2D eigenvalue weighted by atomic mass is 10.2. The number of nitrogens with zero attached hydrogens (tertiary/aromatic N) is 2. The number of rotatable bonds is 5. The van der Waals surface area contributed by atoms with Gasteiger partial charge >= 0.3 is 0 Å². The van der Waals surface area contributed by atoms with Crippen LogP contribution in [-0.2, 0) is 0 Å². The Morgan fingerprint density at radius 3 is 2.50 bits per heavy atom. The smallest absolute Gasteiger partial charge is 0.258 e. The fourth-order valence-electron chi connectivity index (χ4n) is 1.95. The fourth-order valence-corrected chi connectivity index (χ4v) is 1.95. The van der Waals surface area contributed by atoms with E-state index in [1.807, 2.05) is 26.0 Å². The van der Waals surface area contributed by atoms with Gasteiger partial charge in [-0.1, -0.05) is 19.9 Å². The highest BCUT2D eigenvalue weighted by Gasteiger charge is 2.10. The van der Waals surface area contributed by atoms with Gasteiger partial charge in [-0.2, -0.15) is 0 Å². The maximum atomic E-state index is 12.3. The Labute approximate surface area is 130 Å². The van der Waals surface area contributed by atoms with Gasteiger partial charge in [-0.05, 0) is 44.0 Å². The number of aryl methyl sites for hydroxylation is 2. The quantitative estimate of drug-likeness (QED) is 0.919. The van der Waals surface area contributed by atoms with Gasteiger partial charge in [0.25, 0.3) is 5.91 Å². The van der Waals surface area contributed by atoms with E-state index in [2.05, 4.69) is 29.1 Å². The summed E-state index contributed by atoms with van der Waals surface area (Å²) in [6.07, 6.45) is 0. The van der Waals surface area contributed by atoms with Crippen LogP contribution >= 0.6 is 0 Å². The molecule has 0 aliphatic heterocycles. The maximum absolute atomic E-state index is 12.3. The molecule has 0 aliphatic rings. The Kier molecular flexibility index (Phi) is 5.09. The molecule has 22 heavy (non-hydrogen) atoms. The predicted molar refractivity (Wildman–Crippen MR) is 86.2 cm³/mol. The molecule has 2 aromatic rings. The molecule has 1 heterocycles.